The van der Waals surface area contributed by atoms with Crippen LogP contribution in [0, 0.1) is 12.3 Å². The molecule has 0 aromatic heterocycles. The van der Waals surface area contributed by atoms with Gasteiger partial charge in [-0.2, -0.15) is 0 Å². The summed E-state index contributed by atoms with van der Waals surface area (Å²) in [6.45, 7) is 2.12. The monoisotopic (exact) mass is 134 g/mol. The number of hydrogen-bond acceptors (Lipinski definition) is 0. The van der Waals surface area contributed by atoms with E-state index in [0.717, 1.165) is 19.3 Å². The number of unbranched alkanes of at least 4 members (excludes halogenated alkanes) is 1. The van der Waals surface area contributed by atoms with Crippen molar-refractivity contribution in [3.05, 3.63) is 24.3 Å². The predicted octanol–water partition coefficient (Wildman–Crippen LogP) is 2.92. The Kier molecular flexibility index (Phi) is 7.27. The third-order valence-electron chi connectivity index (χ3n) is 1.07. The van der Waals surface area contributed by atoms with Gasteiger partial charge in [-0.25, -0.2) is 0 Å². The third-order valence-corrected chi connectivity index (χ3v) is 1.07. The van der Waals surface area contributed by atoms with Crippen LogP contribution in [-0.2, 0) is 0 Å². The highest BCUT2D eigenvalue weighted by atomic mass is 13.8. The zero-order valence-electron chi connectivity index (χ0n) is 6.51. The second-order valence-corrected chi connectivity index (χ2v) is 2.01. The lowest BCUT2D eigenvalue weighted by atomic mass is 10.3. The molecule has 0 heteroatoms. The van der Waals surface area contributed by atoms with E-state index in [4.69, 9.17) is 6.42 Å². The lowest BCUT2D eigenvalue weighted by Gasteiger charge is -1.79. The molecule has 0 unspecified atom stereocenters. The van der Waals surface area contributed by atoms with Crippen molar-refractivity contribution >= 4 is 0 Å². The minimum absolute atomic E-state index is 0.844. The van der Waals surface area contributed by atoms with Gasteiger partial charge in [0.1, 0.15) is 0 Å². The van der Waals surface area contributed by atoms with Crippen LogP contribution >= 0.6 is 0 Å². The molecule has 0 saturated heterocycles. The molecule has 0 heterocycles. The molecule has 0 N–H and O–H groups in total. The van der Waals surface area contributed by atoms with Gasteiger partial charge in [0.2, 0.25) is 0 Å². The predicted molar refractivity (Wildman–Crippen MR) is 46.6 cm³/mol. The van der Waals surface area contributed by atoms with Crippen LogP contribution in [0.15, 0.2) is 24.3 Å². The fraction of sp³-hybridized carbons (Fsp3) is 0.400. The molecular formula is C10H14. The summed E-state index contributed by atoms with van der Waals surface area (Å²) in [5.41, 5.74) is 0. The Morgan fingerprint density at radius 2 is 2.00 bits per heavy atom. The molecule has 0 radical (unpaired) electrons. The Balaban J connectivity index is 3.22. The Morgan fingerprint density at radius 1 is 1.30 bits per heavy atom. The van der Waals surface area contributed by atoms with Gasteiger partial charge in [0.05, 0.1) is 0 Å². The quantitative estimate of drug-likeness (QED) is 0.315. The summed E-state index contributed by atoms with van der Waals surface area (Å²) in [6.07, 6.45) is 16.3. The molecule has 0 bridgehead atoms. The van der Waals surface area contributed by atoms with Crippen molar-refractivity contribution < 1.29 is 0 Å². The number of terminal acetylenes is 1. The summed E-state index contributed by atoms with van der Waals surface area (Å²) in [5.74, 6) is 2.58. The van der Waals surface area contributed by atoms with Crippen molar-refractivity contribution in [2.75, 3.05) is 0 Å². The first-order valence-corrected chi connectivity index (χ1v) is 3.67. The first-order chi connectivity index (χ1) is 4.91. The van der Waals surface area contributed by atoms with E-state index in [2.05, 4.69) is 31.1 Å². The molecule has 0 fully saturated rings. The fourth-order valence-corrected chi connectivity index (χ4v) is 0.556. The molecule has 10 heavy (non-hydrogen) atoms. The zero-order valence-corrected chi connectivity index (χ0v) is 6.51. The van der Waals surface area contributed by atoms with Crippen molar-refractivity contribution in [3.63, 3.8) is 0 Å². The van der Waals surface area contributed by atoms with Crippen molar-refractivity contribution in [2.45, 2.75) is 26.2 Å². The highest BCUT2D eigenvalue weighted by Crippen LogP contribution is 1.89. The van der Waals surface area contributed by atoms with E-state index in [1.165, 1.54) is 0 Å². The number of allylic oxidation sites excluding steroid dienone is 4. The zero-order chi connectivity index (χ0) is 7.66. The highest BCUT2D eigenvalue weighted by Gasteiger charge is 1.71. The summed E-state index contributed by atoms with van der Waals surface area (Å²) in [6, 6.07) is 0. The Morgan fingerprint density at radius 3 is 2.60 bits per heavy atom. The minimum Gasteiger partial charge on any atom is -0.120 e. The maximum Gasteiger partial charge on any atom is 0.0121 e. The first-order valence-electron chi connectivity index (χ1n) is 3.67. The van der Waals surface area contributed by atoms with Crippen LogP contribution in [-0.4, -0.2) is 0 Å². The molecule has 0 saturated carbocycles. The van der Waals surface area contributed by atoms with Crippen LogP contribution in [0.25, 0.3) is 0 Å². The van der Waals surface area contributed by atoms with Crippen LogP contribution in [0.1, 0.15) is 26.2 Å². The van der Waals surface area contributed by atoms with Gasteiger partial charge in [0.15, 0.2) is 0 Å². The molecule has 0 aromatic carbocycles. The van der Waals surface area contributed by atoms with Crippen molar-refractivity contribution in [2.24, 2.45) is 0 Å². The number of rotatable bonds is 4. The van der Waals surface area contributed by atoms with Gasteiger partial charge in [0.25, 0.3) is 0 Å². The SMILES string of the molecule is C#CCC/C=C\C=C\CC. The topological polar surface area (TPSA) is 0 Å². The third kappa shape index (κ3) is 7.04. The van der Waals surface area contributed by atoms with Crippen LogP contribution < -0.4 is 0 Å². The van der Waals surface area contributed by atoms with Crippen LogP contribution in [0.5, 0.6) is 0 Å². The molecule has 0 atom stereocenters. The second-order valence-electron chi connectivity index (χ2n) is 2.01. The van der Waals surface area contributed by atoms with E-state index < -0.39 is 0 Å². The first kappa shape index (κ1) is 9.04. The average molecular weight is 134 g/mol. The molecule has 0 nitrogen and oxygen atoms in total. The summed E-state index contributed by atoms with van der Waals surface area (Å²) < 4.78 is 0. The van der Waals surface area contributed by atoms with Gasteiger partial charge >= 0.3 is 0 Å². The summed E-state index contributed by atoms with van der Waals surface area (Å²) in [7, 11) is 0. The van der Waals surface area contributed by atoms with Gasteiger partial charge in [-0.3, -0.25) is 0 Å². The molecule has 0 aliphatic carbocycles. The molecule has 0 aliphatic rings. The molecule has 54 valence electrons. The minimum atomic E-state index is 0.844. The molecule has 0 amide bonds. The lowest BCUT2D eigenvalue weighted by Crippen LogP contribution is -1.61. The average Bonchev–Trinajstić information content (AvgIpc) is 1.97. The van der Waals surface area contributed by atoms with Crippen LogP contribution in [0.2, 0.25) is 0 Å². The molecular weight excluding hydrogens is 120 g/mol. The smallest absolute Gasteiger partial charge is 0.0121 e. The maximum absolute atomic E-state index is 5.07. The number of hydrogen-bond donors (Lipinski definition) is 0. The van der Waals surface area contributed by atoms with Gasteiger partial charge in [-0.1, -0.05) is 31.2 Å². The molecule has 0 spiro atoms. The van der Waals surface area contributed by atoms with Gasteiger partial charge in [0, 0.05) is 6.42 Å². The maximum atomic E-state index is 5.07. The normalized spacial score (nSPS) is 10.8. The van der Waals surface area contributed by atoms with Gasteiger partial charge in [-0.15, -0.1) is 12.3 Å². The second kappa shape index (κ2) is 8.04. The van der Waals surface area contributed by atoms with Crippen molar-refractivity contribution in [1.29, 1.82) is 0 Å². The Hall–Kier alpha value is -0.960. The highest BCUT2D eigenvalue weighted by molar-refractivity contribution is 5.03. The molecule has 0 aliphatic heterocycles. The van der Waals surface area contributed by atoms with Gasteiger partial charge < -0.3 is 0 Å². The van der Waals surface area contributed by atoms with Crippen molar-refractivity contribution in [1.82, 2.24) is 0 Å². The van der Waals surface area contributed by atoms with Crippen LogP contribution in [0.3, 0.4) is 0 Å². The van der Waals surface area contributed by atoms with E-state index in [0.29, 0.717) is 0 Å². The summed E-state index contributed by atoms with van der Waals surface area (Å²) in [5, 5.41) is 0. The summed E-state index contributed by atoms with van der Waals surface area (Å²) in [4.78, 5) is 0. The van der Waals surface area contributed by atoms with Gasteiger partial charge in [-0.05, 0) is 12.8 Å². The van der Waals surface area contributed by atoms with E-state index in [1.54, 1.807) is 0 Å². The van der Waals surface area contributed by atoms with Crippen LogP contribution in [0.4, 0.5) is 0 Å². The van der Waals surface area contributed by atoms with E-state index >= 15 is 0 Å². The van der Waals surface area contributed by atoms with E-state index in [9.17, 15) is 0 Å². The fourth-order valence-electron chi connectivity index (χ4n) is 0.556. The standard InChI is InChI=1S/C10H14/c1-3-5-7-9-10-8-6-4-2/h1,6,8-10H,4-5,7H2,2H3/b8-6+,10-9-. The van der Waals surface area contributed by atoms with Crippen molar-refractivity contribution in [3.8, 4) is 12.3 Å². The van der Waals surface area contributed by atoms with E-state index in [1.807, 2.05) is 6.08 Å². The lowest BCUT2D eigenvalue weighted by molar-refractivity contribution is 1.09. The summed E-state index contributed by atoms with van der Waals surface area (Å²) >= 11 is 0. The largest absolute Gasteiger partial charge is 0.120 e. The van der Waals surface area contributed by atoms with E-state index in [-0.39, 0.29) is 0 Å². The molecule has 0 rings (SSSR count). The Bertz CT molecular complexity index is 144. The molecule has 0 aromatic rings. The Labute approximate surface area is 63.6 Å².